The highest BCUT2D eigenvalue weighted by Crippen LogP contribution is 2.30. The van der Waals surface area contributed by atoms with Crippen molar-refractivity contribution >= 4 is 27.3 Å². The van der Waals surface area contributed by atoms with Crippen molar-refractivity contribution in [2.45, 2.75) is 58.8 Å². The average molecular weight is 514 g/mol. The van der Waals surface area contributed by atoms with Crippen molar-refractivity contribution in [2.75, 3.05) is 18.9 Å². The number of hydrogen-bond donors (Lipinski definition) is 3. The molecule has 0 radical (unpaired) electrons. The minimum Gasteiger partial charge on any atom is -0.354 e. The molecule has 11 heteroatoms. The third-order valence-corrected chi connectivity index (χ3v) is 6.85. The summed E-state index contributed by atoms with van der Waals surface area (Å²) in [5, 5.41) is 14.3. The van der Waals surface area contributed by atoms with Crippen LogP contribution in [0.3, 0.4) is 0 Å². The van der Waals surface area contributed by atoms with Crippen LogP contribution in [0.15, 0.2) is 41.6 Å². The van der Waals surface area contributed by atoms with Crippen LogP contribution in [0.2, 0.25) is 0 Å². The Morgan fingerprint density at radius 1 is 1.03 bits per heavy atom. The van der Waals surface area contributed by atoms with E-state index in [9.17, 15) is 13.2 Å². The van der Waals surface area contributed by atoms with Crippen LogP contribution in [-0.2, 0) is 15.4 Å². The maximum absolute atomic E-state index is 12.5. The molecule has 194 valence electrons. The van der Waals surface area contributed by atoms with Gasteiger partial charge in [-0.1, -0.05) is 46.8 Å². The number of nitrogens with one attached hydrogen (secondary N) is 3. The molecular formula is C25H35N7O3S. The fourth-order valence-corrected chi connectivity index (χ4v) is 4.09. The molecule has 0 aliphatic heterocycles. The van der Waals surface area contributed by atoms with Crippen molar-refractivity contribution in [1.82, 2.24) is 30.0 Å². The zero-order valence-electron chi connectivity index (χ0n) is 22.1. The Bertz CT molecular complexity index is 1370. The molecule has 0 spiro atoms. The lowest BCUT2D eigenvalue weighted by molar-refractivity contribution is 0.0934. The third kappa shape index (κ3) is 6.67. The zero-order chi connectivity index (χ0) is 26.9. The standard InChI is InChI=1S/C25H35N7O3S/c1-16-22(32-14-21(30-31-32)23(33)28-15-24(2,3)4)12-19(13-27-16)29-18-9-17(25(5,6)7)10-20(11-18)36(34,35)26-8/h9-14,26,29H,15H2,1-8H3,(H,28,33). The van der Waals surface area contributed by atoms with Crippen LogP contribution < -0.4 is 15.4 Å². The molecule has 0 aliphatic carbocycles. The minimum absolute atomic E-state index is 0.0527. The van der Waals surface area contributed by atoms with E-state index >= 15 is 0 Å². The van der Waals surface area contributed by atoms with Gasteiger partial charge in [-0.05, 0) is 54.6 Å². The predicted molar refractivity (Wildman–Crippen MR) is 140 cm³/mol. The molecule has 10 nitrogen and oxygen atoms in total. The first-order valence-corrected chi connectivity index (χ1v) is 13.1. The number of carbonyl (C=O) groups is 1. The van der Waals surface area contributed by atoms with E-state index in [2.05, 4.69) is 30.7 Å². The first-order chi connectivity index (χ1) is 16.6. The summed E-state index contributed by atoms with van der Waals surface area (Å²) < 4.78 is 28.9. The van der Waals surface area contributed by atoms with Gasteiger partial charge in [0.15, 0.2) is 5.69 Å². The van der Waals surface area contributed by atoms with Gasteiger partial charge in [-0.3, -0.25) is 9.78 Å². The van der Waals surface area contributed by atoms with Gasteiger partial charge in [-0.2, -0.15) is 0 Å². The maximum Gasteiger partial charge on any atom is 0.273 e. The molecule has 0 aliphatic rings. The predicted octanol–water partition coefficient (Wildman–Crippen LogP) is 3.70. The van der Waals surface area contributed by atoms with Crippen LogP contribution >= 0.6 is 0 Å². The summed E-state index contributed by atoms with van der Waals surface area (Å²) in [6, 6.07) is 7.00. The minimum atomic E-state index is -3.64. The second kappa shape index (κ2) is 9.98. The van der Waals surface area contributed by atoms with Crippen LogP contribution in [-0.4, -0.2) is 47.9 Å². The average Bonchev–Trinajstić information content (AvgIpc) is 3.27. The molecule has 2 aromatic heterocycles. The number of aryl methyl sites for hydroxylation is 1. The van der Waals surface area contributed by atoms with E-state index in [1.807, 2.05) is 60.6 Å². The van der Waals surface area contributed by atoms with Crippen molar-refractivity contribution in [3.8, 4) is 5.69 Å². The highest BCUT2D eigenvalue weighted by atomic mass is 32.2. The van der Waals surface area contributed by atoms with Crippen LogP contribution in [0.5, 0.6) is 0 Å². The summed E-state index contributed by atoms with van der Waals surface area (Å²) in [7, 11) is -2.25. The summed E-state index contributed by atoms with van der Waals surface area (Å²) in [6.07, 6.45) is 3.21. The normalized spacial score (nSPS) is 12.4. The van der Waals surface area contributed by atoms with Gasteiger partial charge in [0.2, 0.25) is 10.0 Å². The van der Waals surface area contributed by atoms with Gasteiger partial charge in [-0.25, -0.2) is 17.8 Å². The highest BCUT2D eigenvalue weighted by Gasteiger charge is 2.21. The fourth-order valence-electron chi connectivity index (χ4n) is 3.29. The van der Waals surface area contributed by atoms with Crippen LogP contribution in [0.25, 0.3) is 5.69 Å². The number of aromatic nitrogens is 4. The summed E-state index contributed by atoms with van der Waals surface area (Å²) in [4.78, 5) is 17.1. The summed E-state index contributed by atoms with van der Waals surface area (Å²) in [5.41, 5.74) is 3.31. The molecule has 2 heterocycles. The van der Waals surface area contributed by atoms with E-state index < -0.39 is 10.0 Å². The summed E-state index contributed by atoms with van der Waals surface area (Å²) in [6.45, 7) is 14.5. The molecule has 0 bridgehead atoms. The van der Waals surface area contributed by atoms with E-state index in [1.54, 1.807) is 24.5 Å². The van der Waals surface area contributed by atoms with Crippen molar-refractivity contribution in [2.24, 2.45) is 5.41 Å². The van der Waals surface area contributed by atoms with E-state index in [0.29, 0.717) is 29.3 Å². The number of hydrogen-bond acceptors (Lipinski definition) is 7. The number of carbonyl (C=O) groups excluding carboxylic acids is 1. The van der Waals surface area contributed by atoms with Crippen molar-refractivity contribution in [1.29, 1.82) is 0 Å². The smallest absolute Gasteiger partial charge is 0.273 e. The number of nitrogens with zero attached hydrogens (tertiary/aromatic N) is 4. The first kappa shape index (κ1) is 27.3. The molecule has 0 fully saturated rings. The molecule has 0 saturated heterocycles. The van der Waals surface area contributed by atoms with Crippen molar-refractivity contribution < 1.29 is 13.2 Å². The largest absolute Gasteiger partial charge is 0.354 e. The molecule has 0 atom stereocenters. The maximum atomic E-state index is 12.5. The third-order valence-electron chi connectivity index (χ3n) is 5.45. The Morgan fingerprint density at radius 3 is 2.33 bits per heavy atom. The van der Waals surface area contributed by atoms with Gasteiger partial charge in [0.25, 0.3) is 5.91 Å². The summed E-state index contributed by atoms with van der Waals surface area (Å²) >= 11 is 0. The van der Waals surface area contributed by atoms with Crippen molar-refractivity contribution in [3.63, 3.8) is 0 Å². The Hall–Kier alpha value is -3.31. The van der Waals surface area contributed by atoms with Crippen molar-refractivity contribution in [3.05, 3.63) is 53.6 Å². The second-order valence-corrected chi connectivity index (χ2v) is 12.8. The van der Waals surface area contributed by atoms with Gasteiger partial charge >= 0.3 is 0 Å². The quantitative estimate of drug-likeness (QED) is 0.439. The number of rotatable bonds is 7. The second-order valence-electron chi connectivity index (χ2n) is 10.9. The topological polar surface area (TPSA) is 131 Å². The summed E-state index contributed by atoms with van der Waals surface area (Å²) in [5.74, 6) is -0.298. The van der Waals surface area contributed by atoms with Crippen LogP contribution in [0.1, 0.15) is 63.3 Å². The molecule has 3 rings (SSSR count). The highest BCUT2D eigenvalue weighted by molar-refractivity contribution is 7.89. The van der Waals surface area contributed by atoms with E-state index in [4.69, 9.17) is 0 Å². The van der Waals surface area contributed by atoms with Gasteiger partial charge in [0.1, 0.15) is 0 Å². The molecule has 0 unspecified atom stereocenters. The van der Waals surface area contributed by atoms with Gasteiger partial charge in [0, 0.05) is 12.2 Å². The Balaban J connectivity index is 1.93. The number of pyridine rings is 1. The lowest BCUT2D eigenvalue weighted by atomic mass is 9.87. The number of benzene rings is 1. The molecular weight excluding hydrogens is 478 g/mol. The molecule has 1 amide bonds. The molecule has 0 saturated carbocycles. The monoisotopic (exact) mass is 513 g/mol. The Labute approximate surface area is 213 Å². The lowest BCUT2D eigenvalue weighted by Crippen LogP contribution is -2.32. The first-order valence-electron chi connectivity index (χ1n) is 11.6. The lowest BCUT2D eigenvalue weighted by Gasteiger charge is -2.22. The van der Waals surface area contributed by atoms with E-state index in [1.165, 1.54) is 11.7 Å². The van der Waals surface area contributed by atoms with Gasteiger partial charge in [-0.15, -0.1) is 5.10 Å². The van der Waals surface area contributed by atoms with E-state index in [-0.39, 0.29) is 27.3 Å². The van der Waals surface area contributed by atoms with E-state index in [0.717, 1.165) is 5.56 Å². The number of sulfonamides is 1. The molecule has 3 aromatic rings. The molecule has 1 aromatic carbocycles. The van der Waals surface area contributed by atoms with Gasteiger partial charge in [0.05, 0.1) is 34.4 Å². The zero-order valence-corrected chi connectivity index (χ0v) is 22.9. The fraction of sp³-hybridized carbons (Fsp3) is 0.440. The Kier molecular flexibility index (Phi) is 7.56. The SMILES string of the molecule is CNS(=O)(=O)c1cc(Nc2cnc(C)c(-n3cc(C(=O)NCC(C)(C)C)nn3)c2)cc(C(C)(C)C)c1. The van der Waals surface area contributed by atoms with Gasteiger partial charge < -0.3 is 10.6 Å². The Morgan fingerprint density at radius 2 is 1.72 bits per heavy atom. The molecule has 36 heavy (non-hydrogen) atoms. The van der Waals surface area contributed by atoms with Crippen LogP contribution in [0, 0.1) is 12.3 Å². The van der Waals surface area contributed by atoms with Crippen LogP contribution in [0.4, 0.5) is 11.4 Å². The number of amides is 1. The number of anilines is 2. The molecule has 3 N–H and O–H groups in total.